The molecule has 0 aromatic carbocycles. The summed E-state index contributed by atoms with van der Waals surface area (Å²) in [6.45, 7) is 7.68. The Bertz CT molecular complexity index is 653. The number of nitrogens with zero attached hydrogens (tertiary/aromatic N) is 4. The van der Waals surface area contributed by atoms with Crippen molar-refractivity contribution in [1.82, 2.24) is 18.8 Å². The van der Waals surface area contributed by atoms with Gasteiger partial charge in [-0.15, -0.1) is 0 Å². The van der Waals surface area contributed by atoms with E-state index in [9.17, 15) is 13.2 Å². The van der Waals surface area contributed by atoms with Gasteiger partial charge in [-0.05, 0) is 13.3 Å². The zero-order valence-electron chi connectivity index (χ0n) is 14.3. The number of aryl methyl sites for hydroxylation is 1. The van der Waals surface area contributed by atoms with Crippen LogP contribution in [0.2, 0.25) is 0 Å². The molecule has 1 amide bonds. The SMILES string of the molecule is Cc1nccn1CCN(C1CCN(C(=O)C(C)C)C1)S(C)(=O)=O. The number of aromatic nitrogens is 2. The minimum atomic E-state index is -3.32. The van der Waals surface area contributed by atoms with Gasteiger partial charge >= 0.3 is 0 Å². The first-order valence-corrected chi connectivity index (χ1v) is 9.78. The number of hydrogen-bond donors (Lipinski definition) is 0. The van der Waals surface area contributed by atoms with Gasteiger partial charge in [-0.3, -0.25) is 4.79 Å². The number of likely N-dealkylation sites (tertiary alicyclic amines) is 1. The largest absolute Gasteiger partial charge is 0.341 e. The number of amides is 1. The molecule has 1 saturated heterocycles. The van der Waals surface area contributed by atoms with E-state index in [2.05, 4.69) is 4.98 Å². The number of carbonyl (C=O) groups is 1. The number of hydrogen-bond acceptors (Lipinski definition) is 4. The molecular formula is C15H26N4O3S. The summed E-state index contributed by atoms with van der Waals surface area (Å²) in [5.74, 6) is 0.891. The minimum Gasteiger partial charge on any atom is -0.341 e. The molecule has 1 atom stereocenters. The third-order valence-corrected chi connectivity index (χ3v) is 5.62. The topological polar surface area (TPSA) is 75.5 Å². The van der Waals surface area contributed by atoms with E-state index in [1.807, 2.05) is 31.5 Å². The lowest BCUT2D eigenvalue weighted by Gasteiger charge is -2.27. The molecule has 0 bridgehead atoms. The first kappa shape index (κ1) is 17.9. The minimum absolute atomic E-state index is 0.0611. The highest BCUT2D eigenvalue weighted by Gasteiger charge is 2.35. The molecule has 0 N–H and O–H groups in total. The predicted octanol–water partition coefficient (Wildman–Crippen LogP) is 0.710. The van der Waals surface area contributed by atoms with Crippen molar-refractivity contribution in [1.29, 1.82) is 0 Å². The Morgan fingerprint density at radius 3 is 2.70 bits per heavy atom. The van der Waals surface area contributed by atoms with Crippen LogP contribution >= 0.6 is 0 Å². The Morgan fingerprint density at radius 2 is 2.17 bits per heavy atom. The molecule has 130 valence electrons. The smallest absolute Gasteiger partial charge is 0.225 e. The number of sulfonamides is 1. The second-order valence-corrected chi connectivity index (χ2v) is 8.36. The molecule has 8 heteroatoms. The van der Waals surface area contributed by atoms with Crippen LogP contribution in [0.4, 0.5) is 0 Å². The lowest BCUT2D eigenvalue weighted by atomic mass is 10.2. The average molecular weight is 342 g/mol. The first-order chi connectivity index (χ1) is 10.7. The van der Waals surface area contributed by atoms with Crippen molar-refractivity contribution in [2.24, 2.45) is 5.92 Å². The van der Waals surface area contributed by atoms with Gasteiger partial charge in [-0.25, -0.2) is 13.4 Å². The molecule has 1 aromatic heterocycles. The maximum atomic E-state index is 12.2. The second-order valence-electron chi connectivity index (χ2n) is 6.42. The molecule has 7 nitrogen and oxygen atoms in total. The van der Waals surface area contributed by atoms with Crippen molar-refractivity contribution in [3.8, 4) is 0 Å². The van der Waals surface area contributed by atoms with Crippen molar-refractivity contribution in [2.45, 2.75) is 39.8 Å². The summed E-state index contributed by atoms with van der Waals surface area (Å²) in [5, 5.41) is 0. The van der Waals surface area contributed by atoms with E-state index in [1.165, 1.54) is 10.6 Å². The highest BCUT2D eigenvalue weighted by Crippen LogP contribution is 2.20. The fourth-order valence-electron chi connectivity index (χ4n) is 3.01. The summed E-state index contributed by atoms with van der Waals surface area (Å²) in [7, 11) is -3.32. The van der Waals surface area contributed by atoms with Gasteiger partial charge in [0, 0.05) is 50.5 Å². The molecule has 1 aliphatic heterocycles. The van der Waals surface area contributed by atoms with Crippen LogP contribution in [0.15, 0.2) is 12.4 Å². The third kappa shape index (κ3) is 4.32. The summed E-state index contributed by atoms with van der Waals surface area (Å²) >= 11 is 0. The van der Waals surface area contributed by atoms with Crippen LogP contribution in [0.25, 0.3) is 0 Å². The van der Waals surface area contributed by atoms with Crippen molar-refractivity contribution in [3.05, 3.63) is 18.2 Å². The Kier molecular flexibility index (Phi) is 5.46. The predicted molar refractivity (Wildman–Crippen MR) is 88.3 cm³/mol. The molecule has 0 saturated carbocycles. The molecular weight excluding hydrogens is 316 g/mol. The lowest BCUT2D eigenvalue weighted by molar-refractivity contribution is -0.133. The maximum Gasteiger partial charge on any atom is 0.225 e. The van der Waals surface area contributed by atoms with E-state index in [0.717, 1.165) is 5.82 Å². The zero-order chi connectivity index (χ0) is 17.2. The first-order valence-electron chi connectivity index (χ1n) is 7.93. The van der Waals surface area contributed by atoms with Crippen LogP contribution in [0, 0.1) is 12.8 Å². The zero-order valence-corrected chi connectivity index (χ0v) is 15.1. The monoisotopic (exact) mass is 342 g/mol. The highest BCUT2D eigenvalue weighted by atomic mass is 32.2. The van der Waals surface area contributed by atoms with Gasteiger partial charge in [0.25, 0.3) is 0 Å². The van der Waals surface area contributed by atoms with E-state index in [1.54, 1.807) is 11.1 Å². The van der Waals surface area contributed by atoms with Gasteiger partial charge in [-0.1, -0.05) is 13.8 Å². The van der Waals surface area contributed by atoms with Crippen LogP contribution in [0.1, 0.15) is 26.1 Å². The van der Waals surface area contributed by atoms with Crippen molar-refractivity contribution < 1.29 is 13.2 Å². The fourth-order valence-corrected chi connectivity index (χ4v) is 4.13. The maximum absolute atomic E-state index is 12.2. The van der Waals surface area contributed by atoms with Crippen LogP contribution in [-0.4, -0.2) is 65.0 Å². The van der Waals surface area contributed by atoms with E-state index in [0.29, 0.717) is 32.6 Å². The highest BCUT2D eigenvalue weighted by molar-refractivity contribution is 7.88. The summed E-state index contributed by atoms with van der Waals surface area (Å²) in [6, 6.07) is -0.142. The van der Waals surface area contributed by atoms with Crippen LogP contribution in [-0.2, 0) is 21.4 Å². The molecule has 1 fully saturated rings. The molecule has 1 aromatic rings. The van der Waals surface area contributed by atoms with Crippen LogP contribution < -0.4 is 0 Å². The van der Waals surface area contributed by atoms with Crippen molar-refractivity contribution in [2.75, 3.05) is 25.9 Å². The fraction of sp³-hybridized carbons (Fsp3) is 0.733. The summed E-state index contributed by atoms with van der Waals surface area (Å²) < 4.78 is 27.8. The van der Waals surface area contributed by atoms with E-state index >= 15 is 0 Å². The number of rotatable bonds is 6. The van der Waals surface area contributed by atoms with Gasteiger partial charge in [0.15, 0.2) is 0 Å². The molecule has 2 rings (SSSR count). The Balaban J connectivity index is 2.05. The van der Waals surface area contributed by atoms with Gasteiger partial charge in [-0.2, -0.15) is 4.31 Å². The summed E-state index contributed by atoms with van der Waals surface area (Å²) in [6.07, 6.45) is 5.48. The Hall–Kier alpha value is -1.41. The quantitative estimate of drug-likeness (QED) is 0.763. The number of carbonyl (C=O) groups excluding carboxylic acids is 1. The second kappa shape index (κ2) is 7.00. The molecule has 2 heterocycles. The molecule has 0 aliphatic carbocycles. The normalized spacial score (nSPS) is 19.0. The van der Waals surface area contributed by atoms with Gasteiger partial charge in [0.2, 0.25) is 15.9 Å². The van der Waals surface area contributed by atoms with Gasteiger partial charge in [0.1, 0.15) is 5.82 Å². The third-order valence-electron chi connectivity index (χ3n) is 4.29. The molecule has 0 spiro atoms. The average Bonchev–Trinajstić information content (AvgIpc) is 3.06. The van der Waals surface area contributed by atoms with E-state index in [-0.39, 0.29) is 17.9 Å². The van der Waals surface area contributed by atoms with E-state index in [4.69, 9.17) is 0 Å². The molecule has 1 unspecified atom stereocenters. The number of imidazole rings is 1. The van der Waals surface area contributed by atoms with Crippen LogP contribution in [0.3, 0.4) is 0 Å². The van der Waals surface area contributed by atoms with Gasteiger partial charge in [0.05, 0.1) is 6.26 Å². The Morgan fingerprint density at radius 1 is 1.48 bits per heavy atom. The van der Waals surface area contributed by atoms with Crippen molar-refractivity contribution in [3.63, 3.8) is 0 Å². The standard InChI is InChI=1S/C15H26N4O3S/c1-12(2)15(20)18-7-5-14(11-18)19(23(4,21)22)10-9-17-8-6-16-13(17)3/h6,8,12,14H,5,7,9-11H2,1-4H3. The lowest BCUT2D eigenvalue weighted by Crippen LogP contribution is -2.44. The van der Waals surface area contributed by atoms with E-state index < -0.39 is 10.0 Å². The summed E-state index contributed by atoms with van der Waals surface area (Å²) in [4.78, 5) is 18.0. The molecule has 0 radical (unpaired) electrons. The van der Waals surface area contributed by atoms with Gasteiger partial charge < -0.3 is 9.47 Å². The Labute approximate surface area is 138 Å². The molecule has 1 aliphatic rings. The van der Waals surface area contributed by atoms with Crippen molar-refractivity contribution >= 4 is 15.9 Å². The van der Waals surface area contributed by atoms with Crippen LogP contribution in [0.5, 0.6) is 0 Å². The molecule has 23 heavy (non-hydrogen) atoms. The summed E-state index contributed by atoms with van der Waals surface area (Å²) in [5.41, 5.74) is 0.